The summed E-state index contributed by atoms with van der Waals surface area (Å²) in [5.74, 6) is 0.748. The molecule has 0 radical (unpaired) electrons. The molecular weight excluding hydrogens is 228 g/mol. The van der Waals surface area contributed by atoms with Crippen LogP contribution in [0.4, 0.5) is 0 Å². The van der Waals surface area contributed by atoms with Crippen LogP contribution in [0.15, 0.2) is 15.8 Å². The number of halogens is 1. The van der Waals surface area contributed by atoms with Crippen LogP contribution in [0, 0.1) is 4.91 Å². The number of hydrogen-bond acceptors (Lipinski definition) is 5. The first-order valence-corrected chi connectivity index (χ1v) is 4.33. The van der Waals surface area contributed by atoms with Gasteiger partial charge in [-0.15, -0.1) is 4.91 Å². The van der Waals surface area contributed by atoms with Gasteiger partial charge < -0.3 is 9.26 Å². The van der Waals surface area contributed by atoms with Crippen molar-refractivity contribution in [2.45, 2.75) is 6.04 Å². The van der Waals surface area contributed by atoms with E-state index in [1.807, 2.05) is 0 Å². The van der Waals surface area contributed by atoms with Gasteiger partial charge in [0, 0.05) is 11.4 Å². The van der Waals surface area contributed by atoms with E-state index in [0.717, 1.165) is 0 Å². The molecule has 0 fully saturated rings. The van der Waals surface area contributed by atoms with Gasteiger partial charge in [-0.25, -0.2) is 0 Å². The topological polar surface area (TPSA) is 64.7 Å². The summed E-state index contributed by atoms with van der Waals surface area (Å²) in [5.41, 5.74) is 0. The van der Waals surface area contributed by atoms with E-state index < -0.39 is 6.04 Å². The Morgan fingerprint density at radius 2 is 2.67 bits per heavy atom. The number of aromatic nitrogens is 1. The predicted octanol–water partition coefficient (Wildman–Crippen LogP) is 1.89. The van der Waals surface area contributed by atoms with Crippen molar-refractivity contribution in [1.29, 1.82) is 0 Å². The van der Waals surface area contributed by atoms with Gasteiger partial charge >= 0.3 is 0 Å². The summed E-state index contributed by atoms with van der Waals surface area (Å²) in [5, 5.41) is 6.78. The fraction of sp³-hybridized carbons (Fsp3) is 0.500. The maximum Gasteiger partial charge on any atom is 0.254 e. The lowest BCUT2D eigenvalue weighted by Gasteiger charge is -1.95. The molecule has 0 saturated heterocycles. The first kappa shape index (κ1) is 9.18. The van der Waals surface area contributed by atoms with Gasteiger partial charge in [0.15, 0.2) is 11.8 Å². The molecule has 0 N–H and O–H groups in total. The van der Waals surface area contributed by atoms with E-state index in [1.54, 1.807) is 0 Å². The lowest BCUT2D eigenvalue weighted by molar-refractivity contribution is 0.321. The summed E-state index contributed by atoms with van der Waals surface area (Å²) in [6, 6.07) is 0.995. The summed E-state index contributed by atoms with van der Waals surface area (Å²) < 4.78 is 9.57. The molecule has 6 heteroatoms. The third-order valence-electron chi connectivity index (χ3n) is 1.32. The van der Waals surface area contributed by atoms with Gasteiger partial charge in [-0.2, -0.15) is 0 Å². The van der Waals surface area contributed by atoms with Crippen LogP contribution in [0.1, 0.15) is 11.8 Å². The summed E-state index contributed by atoms with van der Waals surface area (Å²) in [6.07, 6.45) is 0. The van der Waals surface area contributed by atoms with Gasteiger partial charge in [0.1, 0.15) is 0 Å². The Bertz CT molecular complexity index is 263. The van der Waals surface area contributed by atoms with Crippen molar-refractivity contribution in [3.63, 3.8) is 0 Å². The molecule has 0 bridgehead atoms. The second-order valence-electron chi connectivity index (χ2n) is 2.05. The minimum absolute atomic E-state index is 0.347. The van der Waals surface area contributed by atoms with Crippen LogP contribution >= 0.6 is 15.9 Å². The average Bonchev–Trinajstić information content (AvgIpc) is 2.55. The average molecular weight is 235 g/mol. The van der Waals surface area contributed by atoms with E-state index in [4.69, 9.17) is 9.26 Å². The fourth-order valence-corrected chi connectivity index (χ4v) is 1.12. The molecule has 0 aliphatic heterocycles. The quantitative estimate of drug-likeness (QED) is 0.590. The highest BCUT2D eigenvalue weighted by molar-refractivity contribution is 9.09. The molecule has 1 atom stereocenters. The molecule has 5 nitrogen and oxygen atoms in total. The van der Waals surface area contributed by atoms with Crippen LogP contribution in [0.25, 0.3) is 0 Å². The molecular formula is C6H7BrN2O3. The van der Waals surface area contributed by atoms with Crippen LogP contribution in [-0.2, 0) is 0 Å². The lowest BCUT2D eigenvalue weighted by atomic mass is 10.3. The second-order valence-corrected chi connectivity index (χ2v) is 2.69. The Morgan fingerprint density at radius 3 is 3.08 bits per heavy atom. The molecule has 0 spiro atoms. The van der Waals surface area contributed by atoms with E-state index in [0.29, 0.717) is 17.0 Å². The number of nitroso groups, excluding NO2 is 1. The molecule has 12 heavy (non-hydrogen) atoms. The Labute approximate surface area is 77.2 Å². The molecule has 0 aliphatic rings. The number of rotatable bonds is 4. The van der Waals surface area contributed by atoms with E-state index >= 15 is 0 Å². The van der Waals surface area contributed by atoms with Crippen LogP contribution in [0.2, 0.25) is 0 Å². The smallest absolute Gasteiger partial charge is 0.254 e. The van der Waals surface area contributed by atoms with E-state index in [-0.39, 0.29) is 0 Å². The number of alkyl halides is 1. The van der Waals surface area contributed by atoms with Crippen molar-refractivity contribution in [2.75, 3.05) is 12.4 Å². The third-order valence-corrected chi connectivity index (χ3v) is 1.93. The summed E-state index contributed by atoms with van der Waals surface area (Å²) >= 11 is 3.12. The zero-order chi connectivity index (χ0) is 8.97. The minimum atomic E-state index is -0.540. The Balaban J connectivity index is 2.79. The highest BCUT2D eigenvalue weighted by atomic mass is 79.9. The fourth-order valence-electron chi connectivity index (χ4n) is 0.681. The minimum Gasteiger partial charge on any atom is -0.479 e. The molecule has 0 amide bonds. The van der Waals surface area contributed by atoms with E-state index in [9.17, 15) is 4.91 Å². The van der Waals surface area contributed by atoms with Crippen molar-refractivity contribution in [1.82, 2.24) is 5.16 Å². The Hall–Kier alpha value is -0.910. The molecule has 0 aromatic carbocycles. The van der Waals surface area contributed by atoms with Crippen LogP contribution < -0.4 is 4.74 Å². The highest BCUT2D eigenvalue weighted by Gasteiger charge is 2.16. The van der Waals surface area contributed by atoms with Crippen molar-refractivity contribution in [3.05, 3.63) is 16.7 Å². The second kappa shape index (κ2) is 4.20. The van der Waals surface area contributed by atoms with Gasteiger partial charge in [-0.3, -0.25) is 0 Å². The number of nitrogens with zero attached hydrogens (tertiary/aromatic N) is 2. The number of hydrogen-bond donors (Lipinski definition) is 0. The first-order chi connectivity index (χ1) is 5.81. The monoisotopic (exact) mass is 234 g/mol. The van der Waals surface area contributed by atoms with Crippen LogP contribution in [0.3, 0.4) is 0 Å². The van der Waals surface area contributed by atoms with E-state index in [1.165, 1.54) is 13.2 Å². The summed E-state index contributed by atoms with van der Waals surface area (Å²) in [7, 11) is 1.47. The van der Waals surface area contributed by atoms with Gasteiger partial charge in [-0.05, 0) is 5.16 Å². The predicted molar refractivity (Wildman–Crippen MR) is 45.4 cm³/mol. The van der Waals surface area contributed by atoms with Gasteiger partial charge in [0.2, 0.25) is 0 Å². The molecule has 1 unspecified atom stereocenters. The lowest BCUT2D eigenvalue weighted by Crippen LogP contribution is -1.92. The standard InChI is InChI=1S/C6H7BrN2O3/c1-11-6-2-5(12-9-6)4(3-7)8-10/h2,4H,3H2,1H3. The Kier molecular flexibility index (Phi) is 3.21. The zero-order valence-corrected chi connectivity index (χ0v) is 7.94. The summed E-state index contributed by atoms with van der Waals surface area (Å²) in [4.78, 5) is 10.2. The van der Waals surface area contributed by atoms with Crippen molar-refractivity contribution in [3.8, 4) is 5.88 Å². The zero-order valence-electron chi connectivity index (χ0n) is 6.36. The van der Waals surface area contributed by atoms with E-state index in [2.05, 4.69) is 26.3 Å². The molecule has 66 valence electrons. The largest absolute Gasteiger partial charge is 0.479 e. The normalized spacial score (nSPS) is 12.5. The van der Waals surface area contributed by atoms with Gasteiger partial charge in [0.25, 0.3) is 5.88 Å². The number of methoxy groups -OCH3 is 1. The van der Waals surface area contributed by atoms with Crippen LogP contribution in [0.5, 0.6) is 5.88 Å². The maximum atomic E-state index is 10.2. The van der Waals surface area contributed by atoms with Crippen molar-refractivity contribution < 1.29 is 9.26 Å². The molecule has 1 aromatic heterocycles. The molecule has 1 rings (SSSR count). The summed E-state index contributed by atoms with van der Waals surface area (Å²) in [6.45, 7) is 0. The maximum absolute atomic E-state index is 10.2. The molecule has 0 saturated carbocycles. The highest BCUT2D eigenvalue weighted by Crippen LogP contribution is 2.22. The molecule has 0 aliphatic carbocycles. The van der Waals surface area contributed by atoms with Gasteiger partial charge in [-0.1, -0.05) is 21.1 Å². The van der Waals surface area contributed by atoms with Crippen molar-refractivity contribution >= 4 is 15.9 Å². The van der Waals surface area contributed by atoms with Crippen LogP contribution in [-0.4, -0.2) is 17.6 Å². The van der Waals surface area contributed by atoms with Gasteiger partial charge in [0.05, 0.1) is 7.11 Å². The molecule has 1 heterocycles. The first-order valence-electron chi connectivity index (χ1n) is 3.20. The van der Waals surface area contributed by atoms with Crippen molar-refractivity contribution in [2.24, 2.45) is 5.18 Å². The Morgan fingerprint density at radius 1 is 1.92 bits per heavy atom. The number of ether oxygens (including phenoxy) is 1. The molecule has 1 aromatic rings. The SMILES string of the molecule is COc1cc(C(CBr)N=O)on1. The third kappa shape index (κ3) is 1.82.